The van der Waals surface area contributed by atoms with Crippen LogP contribution in [0.5, 0.6) is 0 Å². The molecule has 0 aliphatic rings. The maximum Gasteiger partial charge on any atom is 0.105 e. The minimum Gasteiger partial charge on any atom is -0.386 e. The van der Waals surface area contributed by atoms with Gasteiger partial charge in [0.15, 0.2) is 0 Å². The molecule has 0 saturated heterocycles. The van der Waals surface area contributed by atoms with Gasteiger partial charge in [-0.2, -0.15) is 0 Å². The summed E-state index contributed by atoms with van der Waals surface area (Å²) in [5.41, 5.74) is 2.27. The fourth-order valence-electron chi connectivity index (χ4n) is 2.17. The van der Waals surface area contributed by atoms with E-state index < -0.39 is 6.10 Å². The van der Waals surface area contributed by atoms with Crippen molar-refractivity contribution < 1.29 is 5.11 Å². The van der Waals surface area contributed by atoms with Gasteiger partial charge in [0, 0.05) is 35.9 Å². The summed E-state index contributed by atoms with van der Waals surface area (Å²) in [5, 5.41) is 15.3. The van der Waals surface area contributed by atoms with E-state index in [-0.39, 0.29) is 0 Å². The van der Waals surface area contributed by atoms with E-state index in [2.05, 4.69) is 48.3 Å². The standard InChI is InChI=1S/C16H22N2OS/c1-3-18(4-2)14-9-7-13(8-10-14)17-12-15(19)16-6-5-11-20-16/h5-11,15,17,19H,3-4,12H2,1-2H3. The first-order valence-electron chi connectivity index (χ1n) is 7.05. The minimum atomic E-state index is -0.447. The van der Waals surface area contributed by atoms with Gasteiger partial charge in [0.2, 0.25) is 0 Å². The molecular weight excluding hydrogens is 268 g/mol. The quantitative estimate of drug-likeness (QED) is 0.815. The number of benzene rings is 1. The van der Waals surface area contributed by atoms with E-state index in [0.29, 0.717) is 6.54 Å². The Morgan fingerprint density at radius 3 is 2.40 bits per heavy atom. The second-order valence-corrected chi connectivity index (χ2v) is 5.61. The van der Waals surface area contributed by atoms with Gasteiger partial charge in [-0.15, -0.1) is 11.3 Å². The highest BCUT2D eigenvalue weighted by atomic mass is 32.1. The number of hydrogen-bond acceptors (Lipinski definition) is 4. The summed E-state index contributed by atoms with van der Waals surface area (Å²) in [4.78, 5) is 3.31. The summed E-state index contributed by atoms with van der Waals surface area (Å²) in [6.07, 6.45) is -0.447. The Morgan fingerprint density at radius 2 is 1.85 bits per heavy atom. The molecule has 0 spiro atoms. The van der Waals surface area contributed by atoms with Crippen molar-refractivity contribution in [2.45, 2.75) is 20.0 Å². The van der Waals surface area contributed by atoms with Crippen molar-refractivity contribution >= 4 is 22.7 Å². The third kappa shape index (κ3) is 3.74. The van der Waals surface area contributed by atoms with Crippen molar-refractivity contribution in [3.8, 4) is 0 Å². The van der Waals surface area contributed by atoms with Gasteiger partial charge in [0.05, 0.1) is 0 Å². The molecule has 1 heterocycles. The molecular formula is C16H22N2OS. The normalized spacial score (nSPS) is 12.2. The largest absolute Gasteiger partial charge is 0.386 e. The summed E-state index contributed by atoms with van der Waals surface area (Å²) in [5.74, 6) is 0. The molecule has 0 bridgehead atoms. The van der Waals surface area contributed by atoms with Gasteiger partial charge in [-0.05, 0) is 49.6 Å². The minimum absolute atomic E-state index is 0.447. The second-order valence-electron chi connectivity index (χ2n) is 4.63. The van der Waals surface area contributed by atoms with Crippen LogP contribution in [0.15, 0.2) is 41.8 Å². The predicted molar refractivity (Wildman–Crippen MR) is 87.8 cm³/mol. The molecule has 1 aromatic heterocycles. The monoisotopic (exact) mass is 290 g/mol. The van der Waals surface area contributed by atoms with Crippen LogP contribution in [-0.2, 0) is 0 Å². The first kappa shape index (κ1) is 14.9. The number of aliphatic hydroxyl groups is 1. The van der Waals surface area contributed by atoms with Gasteiger partial charge >= 0.3 is 0 Å². The van der Waals surface area contributed by atoms with E-state index in [1.165, 1.54) is 5.69 Å². The van der Waals surface area contributed by atoms with Gasteiger partial charge in [-0.3, -0.25) is 0 Å². The SMILES string of the molecule is CCN(CC)c1ccc(NCC(O)c2cccs2)cc1. The molecule has 0 fully saturated rings. The Balaban J connectivity index is 1.91. The van der Waals surface area contributed by atoms with Crippen LogP contribution < -0.4 is 10.2 Å². The lowest BCUT2D eigenvalue weighted by Crippen LogP contribution is -2.21. The maximum atomic E-state index is 10.0. The van der Waals surface area contributed by atoms with Crippen LogP contribution in [0.3, 0.4) is 0 Å². The van der Waals surface area contributed by atoms with Crippen LogP contribution in [-0.4, -0.2) is 24.7 Å². The molecule has 2 aromatic rings. The number of thiophene rings is 1. The van der Waals surface area contributed by atoms with Gasteiger partial charge < -0.3 is 15.3 Å². The summed E-state index contributed by atoms with van der Waals surface area (Å²) < 4.78 is 0. The third-order valence-electron chi connectivity index (χ3n) is 3.37. The fraction of sp³-hybridized carbons (Fsp3) is 0.375. The van der Waals surface area contributed by atoms with Crippen LogP contribution in [0.2, 0.25) is 0 Å². The number of aliphatic hydroxyl groups excluding tert-OH is 1. The second kappa shape index (κ2) is 7.31. The molecule has 108 valence electrons. The predicted octanol–water partition coefficient (Wildman–Crippen LogP) is 3.74. The Labute approximate surface area is 124 Å². The Kier molecular flexibility index (Phi) is 5.44. The third-order valence-corrected chi connectivity index (χ3v) is 4.34. The van der Waals surface area contributed by atoms with Crippen LogP contribution in [0.1, 0.15) is 24.8 Å². The van der Waals surface area contributed by atoms with Crippen LogP contribution in [0.4, 0.5) is 11.4 Å². The first-order valence-corrected chi connectivity index (χ1v) is 7.93. The number of anilines is 2. The average molecular weight is 290 g/mol. The molecule has 0 aliphatic heterocycles. The Bertz CT molecular complexity index is 492. The molecule has 4 heteroatoms. The summed E-state index contributed by atoms with van der Waals surface area (Å²) in [7, 11) is 0. The summed E-state index contributed by atoms with van der Waals surface area (Å²) in [6, 6.07) is 12.3. The summed E-state index contributed by atoms with van der Waals surface area (Å²) in [6.45, 7) is 6.88. The zero-order chi connectivity index (χ0) is 14.4. The van der Waals surface area contributed by atoms with E-state index in [0.717, 1.165) is 23.7 Å². The molecule has 1 aromatic carbocycles. The molecule has 20 heavy (non-hydrogen) atoms. The van der Waals surface area contributed by atoms with Crippen LogP contribution in [0.25, 0.3) is 0 Å². The zero-order valence-corrected chi connectivity index (χ0v) is 12.9. The van der Waals surface area contributed by atoms with Gasteiger partial charge in [-0.25, -0.2) is 0 Å². The molecule has 0 saturated carbocycles. The lowest BCUT2D eigenvalue weighted by molar-refractivity contribution is 0.195. The van der Waals surface area contributed by atoms with E-state index >= 15 is 0 Å². The van der Waals surface area contributed by atoms with Gasteiger partial charge in [0.1, 0.15) is 6.10 Å². The highest BCUT2D eigenvalue weighted by molar-refractivity contribution is 7.10. The van der Waals surface area contributed by atoms with Gasteiger partial charge in [0.25, 0.3) is 0 Å². The van der Waals surface area contributed by atoms with E-state index in [1.54, 1.807) is 11.3 Å². The number of hydrogen-bond donors (Lipinski definition) is 2. The van der Waals surface area contributed by atoms with Gasteiger partial charge in [-0.1, -0.05) is 6.07 Å². The van der Waals surface area contributed by atoms with Crippen molar-refractivity contribution in [1.82, 2.24) is 0 Å². The zero-order valence-electron chi connectivity index (χ0n) is 12.0. The topological polar surface area (TPSA) is 35.5 Å². The van der Waals surface area contributed by atoms with E-state index in [1.807, 2.05) is 17.5 Å². The van der Waals surface area contributed by atoms with Crippen molar-refractivity contribution in [3.63, 3.8) is 0 Å². The fourth-order valence-corrected chi connectivity index (χ4v) is 2.89. The molecule has 0 radical (unpaired) electrons. The molecule has 2 rings (SSSR count). The lowest BCUT2D eigenvalue weighted by Gasteiger charge is -2.21. The molecule has 0 amide bonds. The number of nitrogens with zero attached hydrogens (tertiary/aromatic N) is 1. The van der Waals surface area contributed by atoms with Crippen LogP contribution >= 0.6 is 11.3 Å². The number of rotatable bonds is 7. The molecule has 2 N–H and O–H groups in total. The molecule has 1 unspecified atom stereocenters. The maximum absolute atomic E-state index is 10.0. The van der Waals surface area contributed by atoms with Crippen molar-refractivity contribution in [2.24, 2.45) is 0 Å². The Hall–Kier alpha value is -1.52. The lowest BCUT2D eigenvalue weighted by atomic mass is 10.2. The van der Waals surface area contributed by atoms with E-state index in [4.69, 9.17) is 0 Å². The average Bonchev–Trinajstić information content (AvgIpc) is 3.01. The van der Waals surface area contributed by atoms with Crippen LogP contribution in [0, 0.1) is 0 Å². The van der Waals surface area contributed by atoms with E-state index in [9.17, 15) is 5.11 Å². The molecule has 3 nitrogen and oxygen atoms in total. The van der Waals surface area contributed by atoms with Crippen molar-refractivity contribution in [3.05, 3.63) is 46.7 Å². The van der Waals surface area contributed by atoms with Crippen molar-refractivity contribution in [1.29, 1.82) is 0 Å². The van der Waals surface area contributed by atoms with Crippen molar-refractivity contribution in [2.75, 3.05) is 29.9 Å². The molecule has 0 aliphatic carbocycles. The summed E-state index contributed by atoms with van der Waals surface area (Å²) >= 11 is 1.58. The first-order chi connectivity index (χ1) is 9.74. The highest BCUT2D eigenvalue weighted by Gasteiger charge is 2.08. The highest BCUT2D eigenvalue weighted by Crippen LogP contribution is 2.21. The number of nitrogens with one attached hydrogen (secondary N) is 1. The Morgan fingerprint density at radius 1 is 1.15 bits per heavy atom. The smallest absolute Gasteiger partial charge is 0.105 e. The molecule has 1 atom stereocenters.